The fraction of sp³-hybridized carbons (Fsp3) is 0.833. The molecule has 0 aromatic heterocycles. The first-order valence-electron chi connectivity index (χ1n) is 5.43. The van der Waals surface area contributed by atoms with Gasteiger partial charge in [-0.25, -0.2) is 0 Å². The van der Waals surface area contributed by atoms with Gasteiger partial charge in [0, 0.05) is 0 Å². The van der Waals surface area contributed by atoms with Crippen LogP contribution < -0.4 is 0 Å². The molecule has 0 heterocycles. The van der Waals surface area contributed by atoms with Crippen LogP contribution >= 0.6 is 0 Å². The van der Waals surface area contributed by atoms with Crippen LogP contribution in [0.2, 0.25) is 0 Å². The van der Waals surface area contributed by atoms with Crippen molar-refractivity contribution in [2.45, 2.75) is 52.4 Å². The van der Waals surface area contributed by atoms with Gasteiger partial charge in [-0.15, -0.1) is 0 Å². The van der Waals surface area contributed by atoms with Crippen molar-refractivity contribution in [1.29, 1.82) is 0 Å². The zero-order chi connectivity index (χ0) is 8.60. The predicted octanol–water partition coefficient (Wildman–Crippen LogP) is 3.92. The summed E-state index contributed by atoms with van der Waals surface area (Å²) in [4.78, 5) is 0. The Hall–Kier alpha value is -0.260. The lowest BCUT2D eigenvalue weighted by molar-refractivity contribution is 0.188. The highest BCUT2D eigenvalue weighted by atomic mass is 14.5. The SMILES string of the molecule is C/C=C1\CC[C@@H]2CCCC[C@]12C. The second-order valence-corrected chi connectivity index (χ2v) is 4.71. The van der Waals surface area contributed by atoms with E-state index < -0.39 is 0 Å². The number of allylic oxidation sites excluding steroid dienone is 2. The molecule has 0 aromatic rings. The first-order valence-corrected chi connectivity index (χ1v) is 5.43. The Balaban J connectivity index is 2.25. The van der Waals surface area contributed by atoms with Crippen LogP contribution in [-0.4, -0.2) is 0 Å². The summed E-state index contributed by atoms with van der Waals surface area (Å²) in [5.74, 6) is 1.03. The van der Waals surface area contributed by atoms with Gasteiger partial charge in [-0.2, -0.15) is 0 Å². The van der Waals surface area contributed by atoms with Crippen LogP contribution in [0.15, 0.2) is 11.6 Å². The average molecular weight is 164 g/mol. The molecule has 2 saturated carbocycles. The maximum absolute atomic E-state index is 2.50. The van der Waals surface area contributed by atoms with E-state index in [9.17, 15) is 0 Å². The number of hydrogen-bond donors (Lipinski definition) is 0. The van der Waals surface area contributed by atoms with Crippen LogP contribution in [0.25, 0.3) is 0 Å². The average Bonchev–Trinajstić information content (AvgIpc) is 2.41. The van der Waals surface area contributed by atoms with Crippen molar-refractivity contribution in [2.75, 3.05) is 0 Å². The number of rotatable bonds is 0. The zero-order valence-corrected chi connectivity index (χ0v) is 8.40. The summed E-state index contributed by atoms with van der Waals surface area (Å²) in [6, 6.07) is 0. The van der Waals surface area contributed by atoms with Crippen molar-refractivity contribution in [3.63, 3.8) is 0 Å². The van der Waals surface area contributed by atoms with Gasteiger partial charge >= 0.3 is 0 Å². The van der Waals surface area contributed by atoms with Crippen molar-refractivity contribution < 1.29 is 0 Å². The maximum Gasteiger partial charge on any atom is -0.00881 e. The van der Waals surface area contributed by atoms with E-state index in [1.54, 1.807) is 5.57 Å². The van der Waals surface area contributed by atoms with Gasteiger partial charge in [0.2, 0.25) is 0 Å². The van der Waals surface area contributed by atoms with Gasteiger partial charge in [0.1, 0.15) is 0 Å². The quantitative estimate of drug-likeness (QED) is 0.476. The molecule has 0 radical (unpaired) electrons. The zero-order valence-electron chi connectivity index (χ0n) is 8.40. The minimum absolute atomic E-state index is 0.618. The van der Waals surface area contributed by atoms with Gasteiger partial charge in [-0.05, 0) is 43.9 Å². The first-order chi connectivity index (χ1) is 5.77. The van der Waals surface area contributed by atoms with Crippen molar-refractivity contribution >= 4 is 0 Å². The molecular formula is C12H20. The molecule has 0 N–H and O–H groups in total. The molecule has 0 aromatic carbocycles. The minimum Gasteiger partial charge on any atom is -0.0879 e. The van der Waals surface area contributed by atoms with E-state index in [1.165, 1.54) is 38.5 Å². The highest BCUT2D eigenvalue weighted by Crippen LogP contribution is 2.54. The molecule has 68 valence electrons. The summed E-state index contributed by atoms with van der Waals surface area (Å²) in [6.45, 7) is 4.72. The molecule has 2 aliphatic rings. The fourth-order valence-corrected chi connectivity index (χ4v) is 3.38. The summed E-state index contributed by atoms with van der Waals surface area (Å²) in [5, 5.41) is 0. The summed E-state index contributed by atoms with van der Waals surface area (Å²) in [5.41, 5.74) is 2.37. The largest absolute Gasteiger partial charge is 0.0879 e. The molecule has 12 heavy (non-hydrogen) atoms. The topological polar surface area (TPSA) is 0 Å². The van der Waals surface area contributed by atoms with Gasteiger partial charge in [0.15, 0.2) is 0 Å². The van der Waals surface area contributed by atoms with E-state index in [0.29, 0.717) is 5.41 Å². The molecule has 2 fully saturated rings. The van der Waals surface area contributed by atoms with Gasteiger partial charge in [-0.3, -0.25) is 0 Å². The summed E-state index contributed by atoms with van der Waals surface area (Å²) in [6.07, 6.45) is 11.1. The molecule has 0 saturated heterocycles. The van der Waals surface area contributed by atoms with E-state index in [4.69, 9.17) is 0 Å². The van der Waals surface area contributed by atoms with Crippen LogP contribution in [0.3, 0.4) is 0 Å². The molecule has 0 heteroatoms. The van der Waals surface area contributed by atoms with E-state index in [2.05, 4.69) is 19.9 Å². The Morgan fingerprint density at radius 1 is 1.33 bits per heavy atom. The van der Waals surface area contributed by atoms with Crippen LogP contribution in [0.5, 0.6) is 0 Å². The first kappa shape index (κ1) is 8.34. The lowest BCUT2D eigenvalue weighted by Crippen LogP contribution is -2.26. The molecule has 2 atom stereocenters. The summed E-state index contributed by atoms with van der Waals surface area (Å²) >= 11 is 0. The smallest absolute Gasteiger partial charge is 0.00881 e. The third-order valence-electron chi connectivity index (χ3n) is 4.24. The Kier molecular flexibility index (Phi) is 2.02. The molecule has 0 spiro atoms. The second-order valence-electron chi connectivity index (χ2n) is 4.71. The van der Waals surface area contributed by atoms with Crippen molar-refractivity contribution in [1.82, 2.24) is 0 Å². The third kappa shape index (κ3) is 1.04. The van der Waals surface area contributed by atoms with Crippen LogP contribution in [-0.2, 0) is 0 Å². The van der Waals surface area contributed by atoms with E-state index in [-0.39, 0.29) is 0 Å². The number of fused-ring (bicyclic) bond motifs is 1. The number of hydrogen-bond acceptors (Lipinski definition) is 0. The van der Waals surface area contributed by atoms with Gasteiger partial charge < -0.3 is 0 Å². The Labute approximate surface area is 76.1 Å². The molecule has 2 aliphatic carbocycles. The molecular weight excluding hydrogens is 144 g/mol. The van der Waals surface area contributed by atoms with E-state index in [1.807, 2.05) is 0 Å². The molecule has 0 unspecified atom stereocenters. The maximum atomic E-state index is 2.50. The highest BCUT2D eigenvalue weighted by molar-refractivity contribution is 5.20. The lowest BCUT2D eigenvalue weighted by atomic mass is 9.68. The Morgan fingerprint density at radius 2 is 2.17 bits per heavy atom. The lowest BCUT2D eigenvalue weighted by Gasteiger charge is -2.37. The molecule has 0 nitrogen and oxygen atoms in total. The minimum atomic E-state index is 0.618. The summed E-state index contributed by atoms with van der Waals surface area (Å²) < 4.78 is 0. The van der Waals surface area contributed by atoms with Gasteiger partial charge in [-0.1, -0.05) is 31.4 Å². The van der Waals surface area contributed by atoms with Crippen LogP contribution in [0.4, 0.5) is 0 Å². The summed E-state index contributed by atoms with van der Waals surface area (Å²) in [7, 11) is 0. The van der Waals surface area contributed by atoms with E-state index in [0.717, 1.165) is 5.92 Å². The van der Waals surface area contributed by atoms with E-state index >= 15 is 0 Å². The van der Waals surface area contributed by atoms with Crippen LogP contribution in [0.1, 0.15) is 52.4 Å². The van der Waals surface area contributed by atoms with Crippen LogP contribution in [0, 0.1) is 11.3 Å². The predicted molar refractivity (Wildman–Crippen MR) is 53.1 cm³/mol. The second kappa shape index (κ2) is 2.90. The normalized spacial score (nSPS) is 44.8. The van der Waals surface area contributed by atoms with Crippen molar-refractivity contribution in [2.24, 2.45) is 11.3 Å². The highest BCUT2D eigenvalue weighted by Gasteiger charge is 2.42. The standard InChI is InChI=1S/C12H20/c1-3-10-7-8-11-6-4-5-9-12(10,11)2/h3,11H,4-9H2,1-2H3/b10-3+/t11-,12+/m0/s1. The molecule has 0 amide bonds. The third-order valence-corrected chi connectivity index (χ3v) is 4.24. The van der Waals surface area contributed by atoms with Gasteiger partial charge in [0.25, 0.3) is 0 Å². The van der Waals surface area contributed by atoms with Gasteiger partial charge in [0.05, 0.1) is 0 Å². The molecule has 2 rings (SSSR count). The Bertz CT molecular complexity index is 202. The monoisotopic (exact) mass is 164 g/mol. The van der Waals surface area contributed by atoms with Crippen molar-refractivity contribution in [3.05, 3.63) is 11.6 Å². The molecule has 0 bridgehead atoms. The Morgan fingerprint density at radius 3 is 2.92 bits per heavy atom. The fourth-order valence-electron chi connectivity index (χ4n) is 3.38. The van der Waals surface area contributed by atoms with Crippen molar-refractivity contribution in [3.8, 4) is 0 Å². The molecule has 0 aliphatic heterocycles.